The van der Waals surface area contributed by atoms with Crippen LogP contribution in [0.15, 0.2) is 42.6 Å². The molecule has 1 aromatic carbocycles. The Bertz CT molecular complexity index is 682. The average Bonchev–Trinajstić information content (AvgIpc) is 2.92. The van der Waals surface area contributed by atoms with Crippen molar-refractivity contribution in [1.82, 2.24) is 20.2 Å². The predicted molar refractivity (Wildman–Crippen MR) is 74.5 cm³/mol. The van der Waals surface area contributed by atoms with Crippen molar-refractivity contribution in [2.45, 2.75) is 13.8 Å². The van der Waals surface area contributed by atoms with Gasteiger partial charge in [-0.25, -0.2) is 9.97 Å². The van der Waals surface area contributed by atoms with Gasteiger partial charge in [0.1, 0.15) is 0 Å². The van der Waals surface area contributed by atoms with E-state index in [0.29, 0.717) is 0 Å². The van der Waals surface area contributed by atoms with Gasteiger partial charge in [-0.1, -0.05) is 18.2 Å². The lowest BCUT2D eigenvalue weighted by Gasteiger charge is -2.05. The zero-order chi connectivity index (χ0) is 13.2. The van der Waals surface area contributed by atoms with Gasteiger partial charge in [-0.2, -0.15) is 5.10 Å². The first-order valence-electron chi connectivity index (χ1n) is 6.15. The molecule has 3 aromatic rings. The number of rotatable bonds is 2. The van der Waals surface area contributed by atoms with E-state index >= 15 is 0 Å². The van der Waals surface area contributed by atoms with Crippen LogP contribution in [0.5, 0.6) is 0 Å². The molecule has 4 heteroatoms. The van der Waals surface area contributed by atoms with Crippen LogP contribution in [0, 0.1) is 13.8 Å². The first kappa shape index (κ1) is 11.6. The minimum absolute atomic E-state index is 0.763. The zero-order valence-corrected chi connectivity index (χ0v) is 10.9. The Morgan fingerprint density at radius 2 is 1.63 bits per heavy atom. The second kappa shape index (κ2) is 4.65. The zero-order valence-electron chi connectivity index (χ0n) is 10.9. The van der Waals surface area contributed by atoms with Crippen molar-refractivity contribution >= 4 is 0 Å². The molecule has 1 N–H and O–H groups in total. The molecule has 3 rings (SSSR count). The standard InChI is InChI=1S/C15H14N4/c1-10-8-11(2)18-15(17-10)13-5-3-4-12(9-13)14-6-7-16-19-14/h3-9H,1-2H3,(H,16,19). The fourth-order valence-electron chi connectivity index (χ4n) is 2.10. The molecule has 4 nitrogen and oxygen atoms in total. The first-order chi connectivity index (χ1) is 9.22. The summed E-state index contributed by atoms with van der Waals surface area (Å²) in [7, 11) is 0. The minimum atomic E-state index is 0.763. The molecule has 0 radical (unpaired) electrons. The fourth-order valence-corrected chi connectivity index (χ4v) is 2.10. The lowest BCUT2D eigenvalue weighted by Crippen LogP contribution is -1.94. The molecule has 2 heterocycles. The third kappa shape index (κ3) is 2.38. The summed E-state index contributed by atoms with van der Waals surface area (Å²) in [6.45, 7) is 3.97. The smallest absolute Gasteiger partial charge is 0.159 e. The topological polar surface area (TPSA) is 54.5 Å². The molecule has 0 aliphatic rings. The van der Waals surface area contributed by atoms with Gasteiger partial charge in [-0.3, -0.25) is 5.10 Å². The third-order valence-electron chi connectivity index (χ3n) is 2.91. The van der Waals surface area contributed by atoms with Crippen molar-refractivity contribution in [3.8, 4) is 22.6 Å². The summed E-state index contributed by atoms with van der Waals surface area (Å²) in [6.07, 6.45) is 1.75. The normalized spacial score (nSPS) is 10.6. The van der Waals surface area contributed by atoms with Crippen molar-refractivity contribution in [2.24, 2.45) is 0 Å². The molecule has 0 saturated carbocycles. The van der Waals surface area contributed by atoms with Crippen LogP contribution in [-0.2, 0) is 0 Å². The van der Waals surface area contributed by atoms with Crippen LogP contribution in [0.25, 0.3) is 22.6 Å². The first-order valence-corrected chi connectivity index (χ1v) is 6.15. The predicted octanol–water partition coefficient (Wildman–Crippen LogP) is 3.15. The molecule has 0 fully saturated rings. The molecule has 0 unspecified atom stereocenters. The van der Waals surface area contributed by atoms with E-state index in [9.17, 15) is 0 Å². The number of hydrogen-bond acceptors (Lipinski definition) is 3. The minimum Gasteiger partial charge on any atom is -0.278 e. The van der Waals surface area contributed by atoms with E-state index in [1.54, 1.807) is 6.20 Å². The number of aromatic nitrogens is 4. The average molecular weight is 250 g/mol. The number of nitrogens with zero attached hydrogens (tertiary/aromatic N) is 3. The Balaban J connectivity index is 2.08. The Hall–Kier alpha value is -2.49. The largest absolute Gasteiger partial charge is 0.278 e. The highest BCUT2D eigenvalue weighted by atomic mass is 15.1. The van der Waals surface area contributed by atoms with Crippen molar-refractivity contribution in [2.75, 3.05) is 0 Å². The van der Waals surface area contributed by atoms with Gasteiger partial charge in [0.15, 0.2) is 5.82 Å². The van der Waals surface area contributed by atoms with Crippen molar-refractivity contribution < 1.29 is 0 Å². The number of H-pyrrole nitrogens is 1. The SMILES string of the molecule is Cc1cc(C)nc(-c2cccc(-c3ccn[nH]3)c2)n1. The second-order valence-electron chi connectivity index (χ2n) is 4.53. The molecule has 0 bridgehead atoms. The van der Waals surface area contributed by atoms with Gasteiger partial charge in [0.05, 0.1) is 5.69 Å². The van der Waals surface area contributed by atoms with E-state index in [0.717, 1.165) is 34.0 Å². The maximum absolute atomic E-state index is 4.49. The van der Waals surface area contributed by atoms with Crippen LogP contribution >= 0.6 is 0 Å². The molecule has 0 spiro atoms. The Morgan fingerprint density at radius 3 is 2.32 bits per heavy atom. The monoisotopic (exact) mass is 250 g/mol. The summed E-state index contributed by atoms with van der Waals surface area (Å²) in [6, 6.07) is 12.1. The van der Waals surface area contributed by atoms with E-state index in [1.165, 1.54) is 0 Å². The third-order valence-corrected chi connectivity index (χ3v) is 2.91. The van der Waals surface area contributed by atoms with Crippen LogP contribution in [0.2, 0.25) is 0 Å². The molecule has 0 atom stereocenters. The lowest BCUT2D eigenvalue weighted by molar-refractivity contribution is 1.06. The Labute approximate surface area is 111 Å². The van der Waals surface area contributed by atoms with Gasteiger partial charge < -0.3 is 0 Å². The summed E-state index contributed by atoms with van der Waals surface area (Å²) >= 11 is 0. The van der Waals surface area contributed by atoms with Crippen molar-refractivity contribution in [3.63, 3.8) is 0 Å². The summed E-state index contributed by atoms with van der Waals surface area (Å²) in [5, 5.41) is 6.94. The maximum atomic E-state index is 4.49. The summed E-state index contributed by atoms with van der Waals surface area (Å²) in [5.41, 5.74) is 5.05. The van der Waals surface area contributed by atoms with E-state index in [4.69, 9.17) is 0 Å². The van der Waals surface area contributed by atoms with E-state index in [2.05, 4.69) is 26.2 Å². The van der Waals surface area contributed by atoms with Gasteiger partial charge in [-0.15, -0.1) is 0 Å². The molecular weight excluding hydrogens is 236 g/mol. The molecular formula is C15H14N4. The Morgan fingerprint density at radius 1 is 0.895 bits per heavy atom. The molecule has 0 amide bonds. The maximum Gasteiger partial charge on any atom is 0.159 e. The number of aromatic amines is 1. The van der Waals surface area contributed by atoms with Gasteiger partial charge in [-0.05, 0) is 32.0 Å². The number of benzene rings is 1. The summed E-state index contributed by atoms with van der Waals surface area (Å²) in [4.78, 5) is 8.98. The van der Waals surface area contributed by atoms with Gasteiger partial charge in [0, 0.05) is 28.7 Å². The summed E-state index contributed by atoms with van der Waals surface area (Å²) < 4.78 is 0. The molecule has 0 aliphatic carbocycles. The molecule has 2 aromatic heterocycles. The van der Waals surface area contributed by atoms with Gasteiger partial charge in [0.25, 0.3) is 0 Å². The number of aryl methyl sites for hydroxylation is 2. The van der Waals surface area contributed by atoms with E-state index in [1.807, 2.05) is 44.2 Å². The van der Waals surface area contributed by atoms with Crippen LogP contribution < -0.4 is 0 Å². The van der Waals surface area contributed by atoms with Crippen LogP contribution in [0.1, 0.15) is 11.4 Å². The van der Waals surface area contributed by atoms with Crippen LogP contribution in [0.4, 0.5) is 0 Å². The molecule has 94 valence electrons. The van der Waals surface area contributed by atoms with Crippen LogP contribution in [0.3, 0.4) is 0 Å². The van der Waals surface area contributed by atoms with Crippen molar-refractivity contribution in [3.05, 3.63) is 54.0 Å². The van der Waals surface area contributed by atoms with Gasteiger partial charge >= 0.3 is 0 Å². The van der Waals surface area contributed by atoms with E-state index in [-0.39, 0.29) is 0 Å². The van der Waals surface area contributed by atoms with Crippen molar-refractivity contribution in [1.29, 1.82) is 0 Å². The van der Waals surface area contributed by atoms with Gasteiger partial charge in [0.2, 0.25) is 0 Å². The highest BCUT2D eigenvalue weighted by Crippen LogP contribution is 2.23. The highest BCUT2D eigenvalue weighted by molar-refractivity contribution is 5.67. The fraction of sp³-hybridized carbons (Fsp3) is 0.133. The summed E-state index contributed by atoms with van der Waals surface area (Å²) in [5.74, 6) is 0.763. The molecule has 19 heavy (non-hydrogen) atoms. The quantitative estimate of drug-likeness (QED) is 0.760. The van der Waals surface area contributed by atoms with E-state index < -0.39 is 0 Å². The molecule has 0 aliphatic heterocycles. The second-order valence-corrected chi connectivity index (χ2v) is 4.53. The number of nitrogens with one attached hydrogen (secondary N) is 1. The van der Waals surface area contributed by atoms with Crippen LogP contribution in [-0.4, -0.2) is 20.2 Å². The highest BCUT2D eigenvalue weighted by Gasteiger charge is 2.05. The number of hydrogen-bond donors (Lipinski definition) is 1. The lowest BCUT2D eigenvalue weighted by atomic mass is 10.1. The molecule has 0 saturated heterocycles. The Kier molecular flexibility index (Phi) is 2.83.